The highest BCUT2D eigenvalue weighted by Crippen LogP contribution is 2.14. The molecule has 0 aromatic heterocycles. The molecule has 0 atom stereocenters. The van der Waals surface area contributed by atoms with Gasteiger partial charge in [0.15, 0.2) is 0 Å². The molecular formula is C16H24ClN3O3. The molecular weight excluding hydrogens is 318 g/mol. The van der Waals surface area contributed by atoms with Crippen molar-refractivity contribution < 1.29 is 14.3 Å². The average molecular weight is 342 g/mol. The number of ether oxygens (including phenoxy) is 1. The van der Waals surface area contributed by atoms with Gasteiger partial charge < -0.3 is 15.4 Å². The third kappa shape index (κ3) is 5.73. The number of hydrogen-bond acceptors (Lipinski definition) is 5. The monoisotopic (exact) mass is 341 g/mol. The maximum absolute atomic E-state index is 12.2. The van der Waals surface area contributed by atoms with Gasteiger partial charge in [0, 0.05) is 38.3 Å². The average Bonchev–Trinajstić information content (AvgIpc) is 2.54. The highest BCUT2D eigenvalue weighted by molar-refractivity contribution is 5.85. The Balaban J connectivity index is 0.00000264. The number of carbonyl (C=O) groups is 2. The summed E-state index contributed by atoms with van der Waals surface area (Å²) in [7, 11) is 1.39. The highest BCUT2D eigenvalue weighted by Gasteiger charge is 2.22. The number of halogens is 1. The Morgan fingerprint density at radius 3 is 2.43 bits per heavy atom. The van der Waals surface area contributed by atoms with E-state index < -0.39 is 0 Å². The molecule has 7 heteroatoms. The topological polar surface area (TPSA) is 75.9 Å². The number of nitrogen functional groups attached to an aromatic ring is 1. The number of piperazine rings is 1. The van der Waals surface area contributed by atoms with Gasteiger partial charge in [-0.05, 0) is 18.1 Å². The van der Waals surface area contributed by atoms with Gasteiger partial charge in [0.05, 0.1) is 13.7 Å². The van der Waals surface area contributed by atoms with Crippen molar-refractivity contribution in [3.63, 3.8) is 0 Å². The van der Waals surface area contributed by atoms with Crippen LogP contribution in [0, 0.1) is 0 Å². The molecule has 1 aromatic rings. The molecule has 1 saturated heterocycles. The molecule has 1 aromatic carbocycles. The Morgan fingerprint density at radius 2 is 1.83 bits per heavy atom. The number of nitrogens with two attached hydrogens (primary N) is 1. The third-order valence-electron chi connectivity index (χ3n) is 3.97. The third-order valence-corrected chi connectivity index (χ3v) is 3.97. The van der Waals surface area contributed by atoms with Crippen molar-refractivity contribution in [1.29, 1.82) is 0 Å². The molecule has 0 spiro atoms. The summed E-state index contributed by atoms with van der Waals surface area (Å²) < 4.78 is 4.65. The normalized spacial score (nSPS) is 14.9. The van der Waals surface area contributed by atoms with Crippen molar-refractivity contribution in [3.8, 4) is 0 Å². The number of anilines is 1. The number of esters is 1. The van der Waals surface area contributed by atoms with E-state index in [2.05, 4.69) is 4.74 Å². The molecule has 0 unspecified atom stereocenters. The van der Waals surface area contributed by atoms with Crippen molar-refractivity contribution in [2.24, 2.45) is 0 Å². The van der Waals surface area contributed by atoms with E-state index in [0.717, 1.165) is 11.3 Å². The van der Waals surface area contributed by atoms with E-state index in [1.807, 2.05) is 34.1 Å². The van der Waals surface area contributed by atoms with Crippen LogP contribution in [0.4, 0.5) is 5.69 Å². The van der Waals surface area contributed by atoms with E-state index in [1.54, 1.807) is 0 Å². The summed E-state index contributed by atoms with van der Waals surface area (Å²) in [5, 5.41) is 0. The maximum atomic E-state index is 12.2. The molecule has 0 bridgehead atoms. The lowest BCUT2D eigenvalue weighted by Gasteiger charge is -2.34. The lowest BCUT2D eigenvalue weighted by molar-refractivity contribution is -0.142. The van der Waals surface area contributed by atoms with Gasteiger partial charge in [-0.1, -0.05) is 18.2 Å². The SMILES string of the molecule is COC(=O)CN1CCN(C(=O)CCc2ccccc2N)CC1.Cl. The molecule has 0 saturated carbocycles. The van der Waals surface area contributed by atoms with Crippen LogP contribution in [0.2, 0.25) is 0 Å². The van der Waals surface area contributed by atoms with Crippen LogP contribution in [0.25, 0.3) is 0 Å². The van der Waals surface area contributed by atoms with E-state index in [4.69, 9.17) is 5.73 Å². The zero-order chi connectivity index (χ0) is 15.9. The Bertz CT molecular complexity index is 531. The van der Waals surface area contributed by atoms with E-state index in [-0.39, 0.29) is 24.3 Å². The van der Waals surface area contributed by atoms with Crippen molar-refractivity contribution in [3.05, 3.63) is 29.8 Å². The minimum atomic E-state index is -0.237. The second-order valence-corrected chi connectivity index (χ2v) is 5.43. The van der Waals surface area contributed by atoms with Crippen LogP contribution in [0.15, 0.2) is 24.3 Å². The summed E-state index contributed by atoms with van der Waals surface area (Å²) in [6, 6.07) is 7.63. The van der Waals surface area contributed by atoms with Gasteiger partial charge in [0.2, 0.25) is 5.91 Å². The number of amides is 1. The van der Waals surface area contributed by atoms with E-state index in [9.17, 15) is 9.59 Å². The fraction of sp³-hybridized carbons (Fsp3) is 0.500. The first-order valence-corrected chi connectivity index (χ1v) is 7.50. The minimum absolute atomic E-state index is 0. The Morgan fingerprint density at radius 1 is 1.17 bits per heavy atom. The fourth-order valence-electron chi connectivity index (χ4n) is 2.56. The fourth-order valence-corrected chi connectivity index (χ4v) is 2.56. The first-order chi connectivity index (χ1) is 10.6. The molecule has 6 nitrogen and oxygen atoms in total. The maximum Gasteiger partial charge on any atom is 0.319 e. The molecule has 1 fully saturated rings. The summed E-state index contributed by atoms with van der Waals surface area (Å²) in [5.41, 5.74) is 7.64. The highest BCUT2D eigenvalue weighted by atomic mass is 35.5. The number of methoxy groups -OCH3 is 1. The molecule has 0 radical (unpaired) electrons. The van der Waals surface area contributed by atoms with E-state index in [1.165, 1.54) is 7.11 Å². The van der Waals surface area contributed by atoms with Crippen molar-refractivity contribution >= 4 is 30.0 Å². The van der Waals surface area contributed by atoms with Crippen molar-refractivity contribution in [2.45, 2.75) is 12.8 Å². The smallest absolute Gasteiger partial charge is 0.319 e. The number of rotatable bonds is 5. The lowest BCUT2D eigenvalue weighted by Crippen LogP contribution is -2.50. The number of hydrogen-bond donors (Lipinski definition) is 1. The van der Waals surface area contributed by atoms with Gasteiger partial charge in [0.25, 0.3) is 0 Å². The molecule has 2 N–H and O–H groups in total. The quantitative estimate of drug-likeness (QED) is 0.637. The van der Waals surface area contributed by atoms with Crippen LogP contribution in [0.5, 0.6) is 0 Å². The number of aryl methyl sites for hydroxylation is 1. The van der Waals surface area contributed by atoms with Crippen LogP contribution >= 0.6 is 12.4 Å². The second kappa shape index (κ2) is 9.37. The van der Waals surface area contributed by atoms with Gasteiger partial charge in [-0.3, -0.25) is 14.5 Å². The van der Waals surface area contributed by atoms with Crippen LogP contribution in [0.3, 0.4) is 0 Å². The first-order valence-electron chi connectivity index (χ1n) is 7.50. The summed E-state index contributed by atoms with van der Waals surface area (Å²) in [6.07, 6.45) is 1.12. The van der Waals surface area contributed by atoms with E-state index in [0.29, 0.717) is 45.6 Å². The van der Waals surface area contributed by atoms with Gasteiger partial charge in [-0.25, -0.2) is 0 Å². The number of carbonyl (C=O) groups excluding carboxylic acids is 2. The van der Waals surface area contributed by atoms with Crippen LogP contribution in [-0.4, -0.2) is 61.5 Å². The zero-order valence-corrected chi connectivity index (χ0v) is 14.2. The predicted molar refractivity (Wildman–Crippen MR) is 91.5 cm³/mol. The molecule has 23 heavy (non-hydrogen) atoms. The standard InChI is InChI=1S/C16H23N3O3.ClH/c1-22-16(21)12-18-8-10-19(11-9-18)15(20)7-6-13-4-2-3-5-14(13)17;/h2-5H,6-12,17H2,1H3;1H. The summed E-state index contributed by atoms with van der Waals surface area (Å²) in [6.45, 7) is 3.00. The summed E-state index contributed by atoms with van der Waals surface area (Å²) in [4.78, 5) is 27.3. The van der Waals surface area contributed by atoms with Crippen molar-refractivity contribution in [1.82, 2.24) is 9.80 Å². The molecule has 2 rings (SSSR count). The van der Waals surface area contributed by atoms with Gasteiger partial charge in [-0.15, -0.1) is 12.4 Å². The predicted octanol–water partition coefficient (Wildman–Crippen LogP) is 0.940. The number of nitrogens with zero attached hydrogens (tertiary/aromatic N) is 2. The Kier molecular flexibility index (Phi) is 7.85. The first kappa shape index (κ1) is 19.3. The van der Waals surface area contributed by atoms with Crippen LogP contribution in [-0.2, 0) is 20.7 Å². The van der Waals surface area contributed by atoms with Crippen LogP contribution < -0.4 is 5.73 Å². The number of benzene rings is 1. The van der Waals surface area contributed by atoms with Gasteiger partial charge in [0.1, 0.15) is 0 Å². The minimum Gasteiger partial charge on any atom is -0.468 e. The molecule has 0 aliphatic carbocycles. The van der Waals surface area contributed by atoms with Gasteiger partial charge >= 0.3 is 5.97 Å². The summed E-state index contributed by atoms with van der Waals surface area (Å²) in [5.74, 6) is -0.0969. The second-order valence-electron chi connectivity index (χ2n) is 5.43. The van der Waals surface area contributed by atoms with E-state index >= 15 is 0 Å². The number of para-hydroxylation sites is 1. The summed E-state index contributed by atoms with van der Waals surface area (Å²) >= 11 is 0. The van der Waals surface area contributed by atoms with Gasteiger partial charge in [-0.2, -0.15) is 0 Å². The van der Waals surface area contributed by atoms with Crippen LogP contribution in [0.1, 0.15) is 12.0 Å². The Hall–Kier alpha value is -1.79. The van der Waals surface area contributed by atoms with Crippen molar-refractivity contribution in [2.75, 3.05) is 45.6 Å². The zero-order valence-electron chi connectivity index (χ0n) is 13.4. The molecule has 1 amide bonds. The molecule has 128 valence electrons. The lowest BCUT2D eigenvalue weighted by atomic mass is 10.1. The molecule has 1 aliphatic rings. The molecule has 1 heterocycles. The Labute approximate surface area is 143 Å². The molecule has 1 aliphatic heterocycles. The largest absolute Gasteiger partial charge is 0.468 e.